The van der Waals surface area contributed by atoms with Gasteiger partial charge < -0.3 is 15.2 Å². The predicted octanol–water partition coefficient (Wildman–Crippen LogP) is 1.95. The fraction of sp³-hybridized carbons (Fsp3) is 0.667. The molecule has 130 valence electrons. The second kappa shape index (κ2) is 6.47. The van der Waals surface area contributed by atoms with Crippen LogP contribution in [0.5, 0.6) is 0 Å². The molecule has 1 rings (SSSR count). The minimum Gasteiger partial charge on any atom is -0.450 e. The van der Waals surface area contributed by atoms with Crippen molar-refractivity contribution in [3.8, 4) is 0 Å². The van der Waals surface area contributed by atoms with E-state index in [2.05, 4.69) is 5.32 Å². The Bertz CT molecular complexity index is 546. The lowest BCUT2D eigenvalue weighted by Crippen LogP contribution is -2.50. The zero-order valence-corrected chi connectivity index (χ0v) is 14.6. The minimum absolute atomic E-state index is 0.0823. The third kappa shape index (κ3) is 4.37. The SMILES string of the molecule is CCOC(=O)NC1=C(C(=N)N)CN(C(=O)OC(C)(C)C)C1(C)C. The largest absolute Gasteiger partial charge is 0.450 e. The zero-order chi connectivity index (χ0) is 18.0. The minimum atomic E-state index is -0.893. The van der Waals surface area contributed by atoms with Crippen molar-refractivity contribution in [3.05, 3.63) is 11.3 Å². The maximum absolute atomic E-state index is 12.4. The Labute approximate surface area is 136 Å². The first kappa shape index (κ1) is 18.8. The number of amides is 2. The molecule has 0 unspecified atom stereocenters. The number of alkyl carbamates (subject to hydrolysis) is 1. The van der Waals surface area contributed by atoms with Gasteiger partial charge in [-0.15, -0.1) is 0 Å². The molecule has 0 fully saturated rings. The van der Waals surface area contributed by atoms with E-state index in [9.17, 15) is 9.59 Å². The number of carbonyl (C=O) groups excluding carboxylic acids is 2. The van der Waals surface area contributed by atoms with Crippen LogP contribution in [0.1, 0.15) is 41.5 Å². The van der Waals surface area contributed by atoms with Gasteiger partial charge in [-0.05, 0) is 41.5 Å². The molecule has 1 aliphatic heterocycles. The Morgan fingerprint density at radius 1 is 1.39 bits per heavy atom. The van der Waals surface area contributed by atoms with E-state index in [1.165, 1.54) is 4.90 Å². The molecule has 4 N–H and O–H groups in total. The van der Waals surface area contributed by atoms with Gasteiger partial charge in [-0.3, -0.25) is 15.6 Å². The van der Waals surface area contributed by atoms with Gasteiger partial charge in [0.05, 0.1) is 24.4 Å². The summed E-state index contributed by atoms with van der Waals surface area (Å²) in [7, 11) is 0. The molecule has 0 aromatic carbocycles. The van der Waals surface area contributed by atoms with Gasteiger partial charge in [0.1, 0.15) is 11.4 Å². The van der Waals surface area contributed by atoms with E-state index in [4.69, 9.17) is 20.6 Å². The lowest BCUT2D eigenvalue weighted by atomic mass is 9.99. The molecule has 8 nitrogen and oxygen atoms in total. The number of ether oxygens (including phenoxy) is 2. The molecular weight excluding hydrogens is 300 g/mol. The summed E-state index contributed by atoms with van der Waals surface area (Å²) >= 11 is 0. The molecule has 0 aromatic heterocycles. The predicted molar refractivity (Wildman–Crippen MR) is 86.1 cm³/mol. The van der Waals surface area contributed by atoms with Crippen LogP contribution in [0.4, 0.5) is 9.59 Å². The lowest BCUT2D eigenvalue weighted by Gasteiger charge is -2.35. The first-order chi connectivity index (χ1) is 10.4. The van der Waals surface area contributed by atoms with Crippen LogP contribution in [0, 0.1) is 5.41 Å². The smallest absolute Gasteiger partial charge is 0.411 e. The second-order valence-corrected chi connectivity index (χ2v) is 6.74. The van der Waals surface area contributed by atoms with Crippen molar-refractivity contribution in [2.75, 3.05) is 13.2 Å². The van der Waals surface area contributed by atoms with Crippen molar-refractivity contribution in [2.45, 2.75) is 52.7 Å². The standard InChI is InChI=1S/C15H26N4O4/c1-7-22-12(20)18-10-9(11(16)17)8-19(15(10,5)6)13(21)23-14(2,3)4/h7-8H2,1-6H3,(H3,16,17)(H,18,20). The van der Waals surface area contributed by atoms with E-state index < -0.39 is 23.3 Å². The Morgan fingerprint density at radius 2 is 1.96 bits per heavy atom. The zero-order valence-electron chi connectivity index (χ0n) is 14.6. The average molecular weight is 326 g/mol. The van der Waals surface area contributed by atoms with Gasteiger partial charge in [0.15, 0.2) is 0 Å². The number of hydrogen-bond acceptors (Lipinski definition) is 5. The van der Waals surface area contributed by atoms with Crippen LogP contribution in [0.3, 0.4) is 0 Å². The molecule has 0 aliphatic carbocycles. The average Bonchev–Trinajstić information content (AvgIpc) is 2.60. The highest BCUT2D eigenvalue weighted by atomic mass is 16.6. The summed E-state index contributed by atoms with van der Waals surface area (Å²) < 4.78 is 10.3. The van der Waals surface area contributed by atoms with Crippen LogP contribution in [0.15, 0.2) is 11.3 Å². The van der Waals surface area contributed by atoms with Gasteiger partial charge in [-0.1, -0.05) is 0 Å². The van der Waals surface area contributed by atoms with E-state index in [1.54, 1.807) is 41.5 Å². The van der Waals surface area contributed by atoms with Crippen LogP contribution in [0.25, 0.3) is 0 Å². The first-order valence-corrected chi connectivity index (χ1v) is 7.42. The summed E-state index contributed by atoms with van der Waals surface area (Å²) in [6, 6.07) is 0. The number of hydrogen-bond donors (Lipinski definition) is 3. The molecule has 0 radical (unpaired) electrons. The summed E-state index contributed by atoms with van der Waals surface area (Å²) in [5, 5.41) is 10.3. The van der Waals surface area contributed by atoms with Crippen molar-refractivity contribution in [1.82, 2.24) is 10.2 Å². The molecule has 8 heteroatoms. The van der Waals surface area contributed by atoms with E-state index in [-0.39, 0.29) is 19.0 Å². The van der Waals surface area contributed by atoms with Crippen molar-refractivity contribution in [3.63, 3.8) is 0 Å². The molecule has 0 atom stereocenters. The fourth-order valence-corrected chi connectivity index (χ4v) is 2.27. The molecule has 2 amide bonds. The van der Waals surface area contributed by atoms with Gasteiger partial charge >= 0.3 is 12.2 Å². The molecule has 0 saturated carbocycles. The van der Waals surface area contributed by atoms with E-state index in [0.717, 1.165) is 0 Å². The number of nitrogens with zero attached hydrogens (tertiary/aromatic N) is 1. The highest BCUT2D eigenvalue weighted by Gasteiger charge is 2.45. The van der Waals surface area contributed by atoms with Crippen LogP contribution in [0.2, 0.25) is 0 Å². The number of rotatable bonds is 3. The lowest BCUT2D eigenvalue weighted by molar-refractivity contribution is 0.0145. The van der Waals surface area contributed by atoms with Crippen LogP contribution < -0.4 is 11.1 Å². The van der Waals surface area contributed by atoms with Crippen LogP contribution >= 0.6 is 0 Å². The highest BCUT2D eigenvalue weighted by molar-refractivity contribution is 5.98. The van der Waals surface area contributed by atoms with Gasteiger partial charge in [0, 0.05) is 5.57 Å². The van der Waals surface area contributed by atoms with Crippen LogP contribution in [-0.4, -0.2) is 47.2 Å². The van der Waals surface area contributed by atoms with Gasteiger partial charge in [-0.2, -0.15) is 0 Å². The summed E-state index contributed by atoms with van der Waals surface area (Å²) in [6.07, 6.45) is -1.19. The molecule has 1 heterocycles. The van der Waals surface area contributed by atoms with Gasteiger partial charge in [0.2, 0.25) is 0 Å². The Kier molecular flexibility index (Phi) is 5.29. The van der Waals surface area contributed by atoms with E-state index in [1.807, 2.05) is 0 Å². The first-order valence-electron chi connectivity index (χ1n) is 7.42. The maximum Gasteiger partial charge on any atom is 0.411 e. The number of carbonyl (C=O) groups is 2. The third-order valence-electron chi connectivity index (χ3n) is 3.35. The van der Waals surface area contributed by atoms with Crippen molar-refractivity contribution in [1.29, 1.82) is 5.41 Å². The van der Waals surface area contributed by atoms with Crippen molar-refractivity contribution in [2.24, 2.45) is 5.73 Å². The van der Waals surface area contributed by atoms with E-state index in [0.29, 0.717) is 11.3 Å². The summed E-state index contributed by atoms with van der Waals surface area (Å²) in [5.74, 6) is -0.212. The molecule has 0 spiro atoms. The molecule has 0 saturated heterocycles. The number of amidine groups is 1. The molecule has 1 aliphatic rings. The fourth-order valence-electron chi connectivity index (χ4n) is 2.27. The third-order valence-corrected chi connectivity index (χ3v) is 3.35. The maximum atomic E-state index is 12.4. The quantitative estimate of drug-likeness (QED) is 0.541. The highest BCUT2D eigenvalue weighted by Crippen LogP contribution is 2.34. The van der Waals surface area contributed by atoms with Gasteiger partial charge in [0.25, 0.3) is 0 Å². The summed E-state index contributed by atoms with van der Waals surface area (Å²) in [4.78, 5) is 25.6. The number of nitrogens with two attached hydrogens (primary N) is 1. The number of nitrogens with one attached hydrogen (secondary N) is 2. The summed E-state index contributed by atoms with van der Waals surface area (Å²) in [6.45, 7) is 10.8. The van der Waals surface area contributed by atoms with Crippen molar-refractivity contribution < 1.29 is 19.1 Å². The Hall–Kier alpha value is -2.25. The topological polar surface area (TPSA) is 118 Å². The van der Waals surface area contributed by atoms with Crippen LogP contribution in [-0.2, 0) is 9.47 Å². The second-order valence-electron chi connectivity index (χ2n) is 6.74. The molecular formula is C15H26N4O4. The van der Waals surface area contributed by atoms with Crippen molar-refractivity contribution >= 4 is 18.0 Å². The van der Waals surface area contributed by atoms with E-state index >= 15 is 0 Å². The molecule has 0 aromatic rings. The molecule has 23 heavy (non-hydrogen) atoms. The summed E-state index contributed by atoms with van der Waals surface area (Å²) in [5.41, 5.74) is 4.80. The monoisotopic (exact) mass is 326 g/mol. The normalized spacial score (nSPS) is 17.0. The Balaban J connectivity index is 3.10. The molecule has 0 bridgehead atoms. The van der Waals surface area contributed by atoms with Gasteiger partial charge in [-0.25, -0.2) is 9.59 Å². The Morgan fingerprint density at radius 3 is 2.39 bits per heavy atom.